The zero-order valence-electron chi connectivity index (χ0n) is 14.5. The molecule has 0 radical (unpaired) electrons. The summed E-state index contributed by atoms with van der Waals surface area (Å²) in [4.78, 5) is 25.4. The van der Waals surface area contributed by atoms with Crippen molar-refractivity contribution in [2.45, 2.75) is 11.8 Å². The Balaban J connectivity index is 2.31. The molecule has 29 heavy (non-hydrogen) atoms. The van der Waals surface area contributed by atoms with Gasteiger partial charge >= 0.3 is 12.3 Å². The highest BCUT2D eigenvalue weighted by Gasteiger charge is 2.57. The minimum atomic E-state index is -4.80. The highest BCUT2D eigenvalue weighted by molar-refractivity contribution is 6.31. The van der Waals surface area contributed by atoms with Gasteiger partial charge in [0, 0.05) is 16.1 Å². The number of hydrogen-bond acceptors (Lipinski definition) is 4. The van der Waals surface area contributed by atoms with Gasteiger partial charge in [0.25, 0.3) is 5.91 Å². The number of rotatable bonds is 3. The molecule has 5 nitrogen and oxygen atoms in total. The second kappa shape index (κ2) is 7.38. The number of hydrogen-bond donors (Lipinski definition) is 0. The van der Waals surface area contributed by atoms with E-state index in [1.807, 2.05) is 0 Å². The summed E-state index contributed by atoms with van der Waals surface area (Å²) < 4.78 is 65.3. The predicted molar refractivity (Wildman–Crippen MR) is 96.0 cm³/mol. The number of fused-ring (bicyclic) bond motifs is 1. The Morgan fingerprint density at radius 1 is 1.17 bits per heavy atom. The molecule has 0 aliphatic carbocycles. The van der Waals surface area contributed by atoms with Crippen LogP contribution in [0.5, 0.6) is 5.75 Å². The molecule has 2 aromatic rings. The molecular formula is C18H11Cl2F4NO4. The van der Waals surface area contributed by atoms with Crippen LogP contribution in [-0.2, 0) is 21.4 Å². The highest BCUT2D eigenvalue weighted by Crippen LogP contribution is 2.51. The Labute approximate surface area is 171 Å². The molecule has 2 aromatic carbocycles. The summed E-state index contributed by atoms with van der Waals surface area (Å²) in [5, 5.41) is 0.0425. The molecule has 0 unspecified atom stereocenters. The fraction of sp³-hybridized carbons (Fsp3) is 0.222. The van der Waals surface area contributed by atoms with Crippen LogP contribution in [0.25, 0.3) is 0 Å². The Bertz CT molecular complexity index is 998. The molecule has 0 saturated heterocycles. The van der Waals surface area contributed by atoms with Gasteiger partial charge in [-0.2, -0.15) is 13.2 Å². The lowest BCUT2D eigenvalue weighted by molar-refractivity contribution is -0.137. The number of halogens is 6. The van der Waals surface area contributed by atoms with Gasteiger partial charge in [0.2, 0.25) is 5.67 Å². The zero-order valence-corrected chi connectivity index (χ0v) is 16.0. The number of benzene rings is 2. The van der Waals surface area contributed by atoms with Crippen LogP contribution in [0.4, 0.5) is 28.0 Å². The SMILES string of the molecule is COc1ccc(Cl)cc1[C@]1(F)C(=O)N(C(=O)OCCl)c2cc(C(F)(F)F)ccc21. The summed E-state index contributed by atoms with van der Waals surface area (Å²) >= 11 is 11.2. The van der Waals surface area contributed by atoms with Gasteiger partial charge in [-0.3, -0.25) is 4.79 Å². The van der Waals surface area contributed by atoms with Crippen molar-refractivity contribution >= 4 is 40.9 Å². The maximum atomic E-state index is 16.3. The number of alkyl halides is 5. The number of imide groups is 1. The molecule has 3 rings (SSSR count). The topological polar surface area (TPSA) is 55.8 Å². The normalized spacial score (nSPS) is 18.6. The van der Waals surface area contributed by atoms with Gasteiger partial charge < -0.3 is 9.47 Å². The van der Waals surface area contributed by atoms with Crippen molar-refractivity contribution in [1.29, 1.82) is 0 Å². The number of carbonyl (C=O) groups is 2. The van der Waals surface area contributed by atoms with Gasteiger partial charge in [0.1, 0.15) is 5.75 Å². The molecule has 1 aliphatic heterocycles. The number of ether oxygens (including phenoxy) is 2. The Morgan fingerprint density at radius 3 is 2.45 bits per heavy atom. The molecule has 0 N–H and O–H groups in total. The van der Waals surface area contributed by atoms with Crippen molar-refractivity contribution in [1.82, 2.24) is 0 Å². The molecule has 1 aliphatic rings. The first-order valence-corrected chi connectivity index (χ1v) is 8.78. The van der Waals surface area contributed by atoms with E-state index in [-0.39, 0.29) is 21.2 Å². The zero-order chi connectivity index (χ0) is 21.6. The van der Waals surface area contributed by atoms with Crippen LogP contribution in [0.15, 0.2) is 36.4 Å². The first-order chi connectivity index (χ1) is 13.6. The fourth-order valence-corrected chi connectivity index (χ4v) is 3.33. The largest absolute Gasteiger partial charge is 0.496 e. The number of carbonyl (C=O) groups excluding carboxylic acids is 2. The smallest absolute Gasteiger partial charge is 0.422 e. The summed E-state index contributed by atoms with van der Waals surface area (Å²) in [6.07, 6.45) is -6.22. The van der Waals surface area contributed by atoms with Crippen LogP contribution in [0.3, 0.4) is 0 Å². The lowest BCUT2D eigenvalue weighted by atomic mass is 9.88. The molecule has 0 bridgehead atoms. The molecule has 0 spiro atoms. The average Bonchev–Trinajstić information content (AvgIpc) is 2.89. The lowest BCUT2D eigenvalue weighted by Crippen LogP contribution is -2.42. The second-order valence-corrected chi connectivity index (χ2v) is 6.55. The Morgan fingerprint density at radius 2 is 1.86 bits per heavy atom. The summed E-state index contributed by atoms with van der Waals surface area (Å²) in [6, 6.07) is 4.93. The minimum Gasteiger partial charge on any atom is -0.496 e. The van der Waals surface area contributed by atoms with Crippen molar-refractivity contribution in [3.05, 3.63) is 58.1 Å². The maximum absolute atomic E-state index is 16.3. The van der Waals surface area contributed by atoms with Crippen molar-refractivity contribution in [3.8, 4) is 5.75 Å². The maximum Gasteiger partial charge on any atom is 0.422 e. The van der Waals surface area contributed by atoms with Crippen molar-refractivity contribution in [2.75, 3.05) is 18.1 Å². The third-order valence-electron chi connectivity index (χ3n) is 4.33. The molecule has 1 heterocycles. The van der Waals surface area contributed by atoms with Crippen molar-refractivity contribution < 1.29 is 36.6 Å². The van der Waals surface area contributed by atoms with Gasteiger partial charge in [0.15, 0.2) is 6.07 Å². The molecule has 0 fully saturated rings. The monoisotopic (exact) mass is 451 g/mol. The molecule has 2 amide bonds. The third-order valence-corrected chi connectivity index (χ3v) is 4.67. The van der Waals surface area contributed by atoms with E-state index in [0.29, 0.717) is 12.1 Å². The van der Waals surface area contributed by atoms with E-state index < -0.39 is 46.7 Å². The van der Waals surface area contributed by atoms with Crippen LogP contribution in [-0.4, -0.2) is 25.2 Å². The average molecular weight is 452 g/mol. The number of nitrogens with zero attached hydrogens (tertiary/aromatic N) is 1. The van der Waals surface area contributed by atoms with Crippen molar-refractivity contribution in [3.63, 3.8) is 0 Å². The van der Waals surface area contributed by atoms with E-state index in [0.717, 1.165) is 12.1 Å². The summed E-state index contributed by atoms with van der Waals surface area (Å²) in [7, 11) is 1.21. The molecule has 154 valence electrons. The standard InChI is InChI=1S/C18H11Cl2F4NO4/c1-28-14-5-3-10(20)7-12(14)17(21)11-4-2-9(18(22,23)24)6-13(11)25(15(17)26)16(27)29-8-19/h2-7H,8H2,1H3/t17-/m0/s1. The van der Waals surface area contributed by atoms with Gasteiger partial charge in [-0.15, -0.1) is 0 Å². The van der Waals surface area contributed by atoms with Crippen LogP contribution < -0.4 is 9.64 Å². The highest BCUT2D eigenvalue weighted by atomic mass is 35.5. The number of methoxy groups -OCH3 is 1. The molecule has 11 heteroatoms. The van der Waals surface area contributed by atoms with Crippen molar-refractivity contribution in [2.24, 2.45) is 0 Å². The first kappa shape index (κ1) is 21.2. The minimum absolute atomic E-state index is 0.0425. The quantitative estimate of drug-likeness (QED) is 0.471. The second-order valence-electron chi connectivity index (χ2n) is 5.89. The van der Waals surface area contributed by atoms with Crippen LogP contribution in [0.2, 0.25) is 5.02 Å². The van der Waals surface area contributed by atoms with Gasteiger partial charge in [-0.25, -0.2) is 14.1 Å². The number of amides is 2. The summed E-state index contributed by atoms with van der Waals surface area (Å²) in [5.74, 6) is -1.58. The van der Waals surface area contributed by atoms with Gasteiger partial charge in [0.05, 0.1) is 18.4 Å². The predicted octanol–water partition coefficient (Wildman–Crippen LogP) is 5.26. The summed E-state index contributed by atoms with van der Waals surface area (Å²) in [5.41, 5.74) is -5.73. The molecule has 0 aromatic heterocycles. The van der Waals surface area contributed by atoms with E-state index >= 15 is 4.39 Å². The van der Waals surface area contributed by atoms with E-state index in [1.54, 1.807) is 0 Å². The van der Waals surface area contributed by atoms with Gasteiger partial charge in [-0.05, 0) is 30.3 Å². The Hall–Kier alpha value is -2.52. The molecule has 1 atom stereocenters. The van der Waals surface area contributed by atoms with Crippen LogP contribution >= 0.6 is 23.2 Å². The van der Waals surface area contributed by atoms with Crippen LogP contribution in [0, 0.1) is 0 Å². The van der Waals surface area contributed by atoms with E-state index in [9.17, 15) is 22.8 Å². The van der Waals surface area contributed by atoms with E-state index in [4.69, 9.17) is 27.9 Å². The van der Waals surface area contributed by atoms with Gasteiger partial charge in [-0.1, -0.05) is 29.3 Å². The van der Waals surface area contributed by atoms with E-state index in [1.165, 1.54) is 19.2 Å². The van der Waals surface area contributed by atoms with Crippen LogP contribution in [0.1, 0.15) is 16.7 Å². The lowest BCUT2D eigenvalue weighted by Gasteiger charge is -2.22. The molecule has 0 saturated carbocycles. The first-order valence-electron chi connectivity index (χ1n) is 7.87. The fourth-order valence-electron chi connectivity index (χ4n) is 3.07. The number of anilines is 1. The summed E-state index contributed by atoms with van der Waals surface area (Å²) in [6.45, 7) is 0. The van der Waals surface area contributed by atoms with E-state index in [2.05, 4.69) is 4.74 Å². The third kappa shape index (κ3) is 3.38. The Kier molecular flexibility index (Phi) is 5.40. The molecular weight excluding hydrogens is 441 g/mol.